The number of hydrogen-bond donors (Lipinski definition) is 3. The van der Waals surface area contributed by atoms with Gasteiger partial charge in [-0.2, -0.15) is 0 Å². The zero-order valence-corrected chi connectivity index (χ0v) is 11.9. The molecule has 1 aromatic carbocycles. The van der Waals surface area contributed by atoms with Gasteiger partial charge in [0.2, 0.25) is 0 Å². The van der Waals surface area contributed by atoms with Crippen molar-refractivity contribution in [3.8, 4) is 11.5 Å². The number of aliphatic carboxylic acids is 2. The number of ether oxygens (including phenoxy) is 2. The molecular formula is C14H17NO7. The van der Waals surface area contributed by atoms with E-state index in [0.717, 1.165) is 0 Å². The number of rotatable bonds is 9. The van der Waals surface area contributed by atoms with Gasteiger partial charge in [0, 0.05) is 0 Å². The molecule has 8 nitrogen and oxygen atoms in total. The second-order valence-corrected chi connectivity index (χ2v) is 4.25. The number of amides is 1. The van der Waals surface area contributed by atoms with E-state index in [1.807, 2.05) is 6.92 Å². The molecule has 0 aliphatic heterocycles. The maximum atomic E-state index is 11.6. The second kappa shape index (κ2) is 8.50. The smallest absolute Gasteiger partial charge is 0.326 e. The number of carboxylic acid groups (broad SMARTS) is 2. The second-order valence-electron chi connectivity index (χ2n) is 4.25. The lowest BCUT2D eigenvalue weighted by Crippen LogP contribution is -2.44. The Morgan fingerprint density at radius 2 is 1.64 bits per heavy atom. The quantitative estimate of drug-likeness (QED) is 0.607. The molecule has 0 spiro atoms. The van der Waals surface area contributed by atoms with E-state index >= 15 is 0 Å². The van der Waals surface area contributed by atoms with Gasteiger partial charge in [0.05, 0.1) is 13.0 Å². The van der Waals surface area contributed by atoms with Crippen molar-refractivity contribution in [3.63, 3.8) is 0 Å². The van der Waals surface area contributed by atoms with E-state index in [4.69, 9.17) is 19.7 Å². The molecule has 0 heterocycles. The molecule has 1 atom stereocenters. The van der Waals surface area contributed by atoms with E-state index in [-0.39, 0.29) is 0 Å². The van der Waals surface area contributed by atoms with Gasteiger partial charge in [-0.3, -0.25) is 9.59 Å². The lowest BCUT2D eigenvalue weighted by Gasteiger charge is -2.13. The fourth-order valence-corrected chi connectivity index (χ4v) is 1.56. The standard InChI is InChI=1S/C14H17NO7/c1-2-21-9-3-5-10(6-4-9)22-8-12(16)15-11(14(19)20)7-13(17)18/h3-6,11H,2,7-8H2,1H3,(H,15,16)(H,17,18)(H,19,20). The molecule has 8 heteroatoms. The first-order chi connectivity index (χ1) is 10.4. The summed E-state index contributed by atoms with van der Waals surface area (Å²) >= 11 is 0. The van der Waals surface area contributed by atoms with Gasteiger partial charge in [0.15, 0.2) is 6.61 Å². The van der Waals surface area contributed by atoms with E-state index in [2.05, 4.69) is 5.32 Å². The maximum Gasteiger partial charge on any atom is 0.326 e. The van der Waals surface area contributed by atoms with Crippen molar-refractivity contribution in [3.05, 3.63) is 24.3 Å². The Morgan fingerprint density at radius 3 is 2.09 bits per heavy atom. The highest BCUT2D eigenvalue weighted by Crippen LogP contribution is 2.17. The van der Waals surface area contributed by atoms with E-state index < -0.39 is 36.9 Å². The Balaban J connectivity index is 2.47. The molecule has 0 radical (unpaired) electrons. The molecule has 0 aromatic heterocycles. The minimum Gasteiger partial charge on any atom is -0.494 e. The minimum absolute atomic E-state index is 0.406. The molecule has 1 amide bonds. The van der Waals surface area contributed by atoms with E-state index in [0.29, 0.717) is 18.1 Å². The average Bonchev–Trinajstić information content (AvgIpc) is 2.45. The van der Waals surface area contributed by atoms with Crippen LogP contribution in [-0.2, 0) is 14.4 Å². The van der Waals surface area contributed by atoms with E-state index in [1.54, 1.807) is 24.3 Å². The summed E-state index contributed by atoms with van der Waals surface area (Å²) in [5.74, 6) is -2.39. The van der Waals surface area contributed by atoms with Gasteiger partial charge in [0.1, 0.15) is 17.5 Å². The third kappa shape index (κ3) is 6.12. The molecule has 0 saturated heterocycles. The lowest BCUT2D eigenvalue weighted by atomic mass is 10.2. The number of hydrogen-bond acceptors (Lipinski definition) is 5. The van der Waals surface area contributed by atoms with Crippen molar-refractivity contribution >= 4 is 17.8 Å². The van der Waals surface area contributed by atoms with Gasteiger partial charge in [-0.05, 0) is 31.2 Å². The first-order valence-electron chi connectivity index (χ1n) is 6.52. The van der Waals surface area contributed by atoms with Crippen molar-refractivity contribution in [2.24, 2.45) is 0 Å². The predicted octanol–water partition coefficient (Wildman–Crippen LogP) is 0.508. The summed E-state index contributed by atoms with van der Waals surface area (Å²) in [7, 11) is 0. The van der Waals surface area contributed by atoms with Gasteiger partial charge in [0.25, 0.3) is 5.91 Å². The van der Waals surface area contributed by atoms with Crippen LogP contribution >= 0.6 is 0 Å². The molecule has 0 bridgehead atoms. The average molecular weight is 311 g/mol. The van der Waals surface area contributed by atoms with Crippen molar-refractivity contribution < 1.29 is 34.1 Å². The third-order valence-corrected chi connectivity index (χ3v) is 2.52. The van der Waals surface area contributed by atoms with Crippen LogP contribution in [0.4, 0.5) is 0 Å². The summed E-state index contributed by atoms with van der Waals surface area (Å²) in [4.78, 5) is 32.9. The van der Waals surface area contributed by atoms with Crippen LogP contribution in [0.5, 0.6) is 11.5 Å². The molecule has 120 valence electrons. The van der Waals surface area contributed by atoms with Gasteiger partial charge in [-0.25, -0.2) is 4.79 Å². The van der Waals surface area contributed by atoms with Crippen LogP contribution in [-0.4, -0.2) is 47.3 Å². The Bertz CT molecular complexity index is 526. The molecule has 0 fully saturated rings. The van der Waals surface area contributed by atoms with Gasteiger partial charge >= 0.3 is 11.9 Å². The molecule has 1 unspecified atom stereocenters. The minimum atomic E-state index is -1.49. The van der Waals surface area contributed by atoms with Gasteiger partial charge in [-0.1, -0.05) is 0 Å². The molecular weight excluding hydrogens is 294 g/mol. The topological polar surface area (TPSA) is 122 Å². The third-order valence-electron chi connectivity index (χ3n) is 2.52. The highest BCUT2D eigenvalue weighted by molar-refractivity contribution is 5.87. The Kier molecular flexibility index (Phi) is 6.68. The predicted molar refractivity (Wildman–Crippen MR) is 74.9 cm³/mol. The van der Waals surface area contributed by atoms with Crippen molar-refractivity contribution in [2.45, 2.75) is 19.4 Å². The molecule has 3 N–H and O–H groups in total. The lowest BCUT2D eigenvalue weighted by molar-refractivity contribution is -0.147. The molecule has 1 rings (SSSR count). The van der Waals surface area contributed by atoms with Crippen LogP contribution < -0.4 is 14.8 Å². The van der Waals surface area contributed by atoms with Gasteiger partial charge < -0.3 is 25.0 Å². The van der Waals surface area contributed by atoms with E-state index in [1.165, 1.54) is 0 Å². The van der Waals surface area contributed by atoms with Crippen LogP contribution in [0.15, 0.2) is 24.3 Å². The molecule has 0 aliphatic carbocycles. The zero-order chi connectivity index (χ0) is 16.5. The summed E-state index contributed by atoms with van der Waals surface area (Å²) in [5.41, 5.74) is 0. The number of nitrogens with one attached hydrogen (secondary N) is 1. The number of carbonyl (C=O) groups is 3. The fraction of sp³-hybridized carbons (Fsp3) is 0.357. The highest BCUT2D eigenvalue weighted by atomic mass is 16.5. The van der Waals surface area contributed by atoms with Gasteiger partial charge in [-0.15, -0.1) is 0 Å². The zero-order valence-electron chi connectivity index (χ0n) is 11.9. The Hall–Kier alpha value is -2.77. The first-order valence-corrected chi connectivity index (χ1v) is 6.52. The number of benzene rings is 1. The fourth-order valence-electron chi connectivity index (χ4n) is 1.56. The normalized spacial score (nSPS) is 11.3. The number of carboxylic acids is 2. The monoisotopic (exact) mass is 311 g/mol. The van der Waals surface area contributed by atoms with Crippen LogP contribution in [0.1, 0.15) is 13.3 Å². The van der Waals surface area contributed by atoms with Crippen LogP contribution in [0, 0.1) is 0 Å². The van der Waals surface area contributed by atoms with Crippen LogP contribution in [0.3, 0.4) is 0 Å². The van der Waals surface area contributed by atoms with Crippen LogP contribution in [0.25, 0.3) is 0 Å². The summed E-state index contributed by atoms with van der Waals surface area (Å²) in [6, 6.07) is 5.05. The summed E-state index contributed by atoms with van der Waals surface area (Å²) in [6.07, 6.45) is -0.704. The molecule has 0 saturated carbocycles. The van der Waals surface area contributed by atoms with Crippen molar-refractivity contribution in [2.75, 3.05) is 13.2 Å². The number of carbonyl (C=O) groups excluding carboxylic acids is 1. The first kappa shape index (κ1) is 17.3. The van der Waals surface area contributed by atoms with E-state index in [9.17, 15) is 14.4 Å². The molecule has 0 aliphatic rings. The van der Waals surface area contributed by atoms with Crippen molar-refractivity contribution in [1.82, 2.24) is 5.32 Å². The highest BCUT2D eigenvalue weighted by Gasteiger charge is 2.23. The molecule has 1 aromatic rings. The van der Waals surface area contributed by atoms with Crippen molar-refractivity contribution in [1.29, 1.82) is 0 Å². The Labute approximate surface area is 126 Å². The maximum absolute atomic E-state index is 11.6. The largest absolute Gasteiger partial charge is 0.494 e. The SMILES string of the molecule is CCOc1ccc(OCC(=O)NC(CC(=O)O)C(=O)O)cc1. The summed E-state index contributed by atoms with van der Waals surface area (Å²) < 4.78 is 10.4. The summed E-state index contributed by atoms with van der Waals surface area (Å²) in [6.45, 7) is 1.96. The van der Waals surface area contributed by atoms with Crippen LogP contribution in [0.2, 0.25) is 0 Å². The summed E-state index contributed by atoms with van der Waals surface area (Å²) in [5, 5.41) is 19.5. The molecule has 22 heavy (non-hydrogen) atoms. The Morgan fingerprint density at radius 1 is 1.09 bits per heavy atom.